The van der Waals surface area contributed by atoms with Crippen molar-refractivity contribution in [3.8, 4) is 0 Å². The topological polar surface area (TPSA) is 27.8 Å². The summed E-state index contributed by atoms with van der Waals surface area (Å²) in [5.74, 6) is 0. The SMILES string of the molecule is Cl.c1cc2c3c(c[nH]c3c1)CNC2. The van der Waals surface area contributed by atoms with E-state index in [9.17, 15) is 0 Å². The first-order valence-corrected chi connectivity index (χ1v) is 4.24. The van der Waals surface area contributed by atoms with Crippen LogP contribution in [0.1, 0.15) is 11.1 Å². The van der Waals surface area contributed by atoms with Crippen molar-refractivity contribution in [3.05, 3.63) is 35.5 Å². The summed E-state index contributed by atoms with van der Waals surface area (Å²) in [6.07, 6.45) is 2.10. The highest BCUT2D eigenvalue weighted by Gasteiger charge is 2.11. The lowest BCUT2D eigenvalue weighted by atomic mass is 10.0. The highest BCUT2D eigenvalue weighted by molar-refractivity contribution is 5.87. The zero-order chi connectivity index (χ0) is 7.97. The molecule has 0 bridgehead atoms. The van der Waals surface area contributed by atoms with E-state index in [1.807, 2.05) is 0 Å². The Morgan fingerprint density at radius 1 is 1.08 bits per heavy atom. The van der Waals surface area contributed by atoms with Crippen molar-refractivity contribution < 1.29 is 0 Å². The summed E-state index contributed by atoms with van der Waals surface area (Å²) < 4.78 is 0. The van der Waals surface area contributed by atoms with Crippen molar-refractivity contribution in [2.45, 2.75) is 13.1 Å². The first-order chi connectivity index (χ1) is 5.95. The predicted molar refractivity (Wildman–Crippen MR) is 56.1 cm³/mol. The van der Waals surface area contributed by atoms with Crippen molar-refractivity contribution in [1.82, 2.24) is 10.3 Å². The Bertz CT molecular complexity index is 433. The molecule has 2 aromatic rings. The number of rotatable bonds is 0. The maximum absolute atomic E-state index is 3.37. The van der Waals surface area contributed by atoms with Crippen LogP contribution < -0.4 is 5.32 Å². The molecule has 3 heteroatoms. The van der Waals surface area contributed by atoms with Gasteiger partial charge in [-0.2, -0.15) is 0 Å². The molecule has 1 aromatic heterocycles. The normalized spacial score (nSPS) is 14.2. The van der Waals surface area contributed by atoms with Crippen LogP contribution in [0.25, 0.3) is 10.9 Å². The highest BCUT2D eigenvalue weighted by atomic mass is 35.5. The summed E-state index contributed by atoms with van der Waals surface area (Å²) >= 11 is 0. The maximum Gasteiger partial charge on any atom is 0.0460 e. The fraction of sp³-hybridized carbons (Fsp3) is 0.200. The molecule has 2 nitrogen and oxygen atoms in total. The monoisotopic (exact) mass is 194 g/mol. The van der Waals surface area contributed by atoms with E-state index in [-0.39, 0.29) is 12.4 Å². The molecule has 0 unspecified atom stereocenters. The number of benzene rings is 1. The smallest absolute Gasteiger partial charge is 0.0460 e. The number of aromatic nitrogens is 1. The zero-order valence-corrected chi connectivity index (χ0v) is 7.95. The van der Waals surface area contributed by atoms with Crippen molar-refractivity contribution >= 4 is 23.3 Å². The average molecular weight is 195 g/mol. The summed E-state index contributed by atoms with van der Waals surface area (Å²) in [6, 6.07) is 6.42. The van der Waals surface area contributed by atoms with Crippen LogP contribution >= 0.6 is 12.4 Å². The predicted octanol–water partition coefficient (Wildman–Crippen LogP) is 2.19. The third-order valence-corrected chi connectivity index (χ3v) is 2.50. The number of nitrogens with one attached hydrogen (secondary N) is 2. The van der Waals surface area contributed by atoms with E-state index in [1.54, 1.807) is 0 Å². The van der Waals surface area contributed by atoms with E-state index < -0.39 is 0 Å². The third kappa shape index (κ3) is 1.14. The fourth-order valence-corrected chi connectivity index (χ4v) is 1.96. The van der Waals surface area contributed by atoms with Gasteiger partial charge in [0.1, 0.15) is 0 Å². The van der Waals surface area contributed by atoms with Gasteiger partial charge in [0, 0.05) is 30.2 Å². The standard InChI is InChI=1S/C10H10N2.ClH/c1-2-7-4-11-5-8-6-12-9(3-1)10(7)8;/h1-3,6,11-12H,4-5H2;1H. The molecule has 13 heavy (non-hydrogen) atoms. The van der Waals surface area contributed by atoms with Gasteiger partial charge in [0.25, 0.3) is 0 Å². The molecule has 0 spiro atoms. The first-order valence-electron chi connectivity index (χ1n) is 4.24. The molecule has 1 aromatic carbocycles. The molecule has 2 N–H and O–H groups in total. The van der Waals surface area contributed by atoms with Crippen molar-refractivity contribution in [3.63, 3.8) is 0 Å². The van der Waals surface area contributed by atoms with Gasteiger partial charge < -0.3 is 10.3 Å². The molecule has 1 aliphatic rings. The largest absolute Gasteiger partial charge is 0.361 e. The van der Waals surface area contributed by atoms with Crippen LogP contribution in [-0.2, 0) is 13.1 Å². The molecule has 68 valence electrons. The zero-order valence-electron chi connectivity index (χ0n) is 7.13. The quantitative estimate of drug-likeness (QED) is 0.661. The highest BCUT2D eigenvalue weighted by Crippen LogP contribution is 2.25. The van der Waals surface area contributed by atoms with Crippen LogP contribution in [0.5, 0.6) is 0 Å². The Morgan fingerprint density at radius 2 is 1.92 bits per heavy atom. The minimum atomic E-state index is 0. The van der Waals surface area contributed by atoms with E-state index in [4.69, 9.17) is 0 Å². The fourth-order valence-electron chi connectivity index (χ4n) is 1.96. The van der Waals surface area contributed by atoms with Crippen molar-refractivity contribution in [2.75, 3.05) is 0 Å². The Balaban J connectivity index is 0.000000653. The minimum absolute atomic E-state index is 0. The molecule has 0 radical (unpaired) electrons. The summed E-state index contributed by atoms with van der Waals surface area (Å²) in [7, 11) is 0. The summed E-state index contributed by atoms with van der Waals surface area (Å²) in [6.45, 7) is 2.00. The lowest BCUT2D eigenvalue weighted by molar-refractivity contribution is 0.684. The van der Waals surface area contributed by atoms with E-state index >= 15 is 0 Å². The molecule has 0 fully saturated rings. The van der Waals surface area contributed by atoms with Crippen molar-refractivity contribution in [1.29, 1.82) is 0 Å². The molecule has 1 aliphatic heterocycles. The Labute approximate surface area is 82.7 Å². The Morgan fingerprint density at radius 3 is 2.85 bits per heavy atom. The summed E-state index contributed by atoms with van der Waals surface area (Å²) in [5.41, 5.74) is 4.07. The van der Waals surface area contributed by atoms with Crippen LogP contribution in [0.3, 0.4) is 0 Å². The molecule has 0 saturated heterocycles. The second-order valence-electron chi connectivity index (χ2n) is 3.26. The second-order valence-corrected chi connectivity index (χ2v) is 3.26. The maximum atomic E-state index is 3.37. The van der Waals surface area contributed by atoms with Gasteiger partial charge in [-0.3, -0.25) is 0 Å². The van der Waals surface area contributed by atoms with Crippen LogP contribution in [0.15, 0.2) is 24.4 Å². The lowest BCUT2D eigenvalue weighted by Crippen LogP contribution is -2.16. The second kappa shape index (κ2) is 3.05. The van der Waals surface area contributed by atoms with Gasteiger partial charge in [-0.1, -0.05) is 12.1 Å². The van der Waals surface area contributed by atoms with Crippen LogP contribution in [0.4, 0.5) is 0 Å². The molecule has 2 heterocycles. The van der Waals surface area contributed by atoms with Gasteiger partial charge in [0.2, 0.25) is 0 Å². The molecule has 0 atom stereocenters. The number of hydrogen-bond acceptors (Lipinski definition) is 1. The van der Waals surface area contributed by atoms with Crippen molar-refractivity contribution in [2.24, 2.45) is 0 Å². The van der Waals surface area contributed by atoms with Crippen LogP contribution in [0, 0.1) is 0 Å². The minimum Gasteiger partial charge on any atom is -0.361 e. The van der Waals surface area contributed by atoms with Crippen LogP contribution in [-0.4, -0.2) is 4.98 Å². The average Bonchev–Trinajstić information content (AvgIpc) is 2.52. The lowest BCUT2D eigenvalue weighted by Gasteiger charge is -2.12. The number of halogens is 1. The number of hydrogen-bond donors (Lipinski definition) is 2. The third-order valence-electron chi connectivity index (χ3n) is 2.50. The molecular formula is C10H11ClN2. The van der Waals surface area contributed by atoms with Gasteiger partial charge in [-0.25, -0.2) is 0 Å². The number of aromatic amines is 1. The molecule has 0 aliphatic carbocycles. The van der Waals surface area contributed by atoms with Gasteiger partial charge in [0.15, 0.2) is 0 Å². The van der Waals surface area contributed by atoms with E-state index in [2.05, 4.69) is 34.7 Å². The number of H-pyrrole nitrogens is 1. The summed E-state index contributed by atoms with van der Waals surface area (Å²) in [4.78, 5) is 3.28. The Kier molecular flexibility index (Phi) is 2.02. The molecule has 0 saturated carbocycles. The van der Waals surface area contributed by atoms with Gasteiger partial charge in [-0.15, -0.1) is 12.4 Å². The summed E-state index contributed by atoms with van der Waals surface area (Å²) in [5, 5.41) is 4.79. The van der Waals surface area contributed by atoms with Gasteiger partial charge in [0.05, 0.1) is 0 Å². The van der Waals surface area contributed by atoms with E-state index in [0.717, 1.165) is 13.1 Å². The van der Waals surface area contributed by atoms with E-state index in [1.165, 1.54) is 22.0 Å². The van der Waals surface area contributed by atoms with Gasteiger partial charge >= 0.3 is 0 Å². The molecule has 3 rings (SSSR count). The molecular weight excluding hydrogens is 184 g/mol. The first kappa shape index (κ1) is 8.60. The van der Waals surface area contributed by atoms with E-state index in [0.29, 0.717) is 0 Å². The molecule has 0 amide bonds. The van der Waals surface area contributed by atoms with Gasteiger partial charge in [-0.05, 0) is 17.2 Å². The Hall–Kier alpha value is -0.990. The van der Waals surface area contributed by atoms with Crippen LogP contribution in [0.2, 0.25) is 0 Å².